The number of carbonyl (C=O) groups excluding carboxylic acids is 1. The van der Waals surface area contributed by atoms with Crippen LogP contribution in [0.15, 0.2) is 28.1 Å². The second-order valence-corrected chi connectivity index (χ2v) is 10.6. The summed E-state index contributed by atoms with van der Waals surface area (Å²) in [6.45, 7) is 6.24. The van der Waals surface area contributed by atoms with Crippen LogP contribution in [0.2, 0.25) is 0 Å². The summed E-state index contributed by atoms with van der Waals surface area (Å²) in [5, 5.41) is 0. The molecule has 1 amide bonds. The van der Waals surface area contributed by atoms with Gasteiger partial charge in [0.05, 0.1) is 17.2 Å². The van der Waals surface area contributed by atoms with Gasteiger partial charge in [-0.2, -0.15) is 4.31 Å². The lowest BCUT2D eigenvalue weighted by molar-refractivity contribution is -0.129. The van der Waals surface area contributed by atoms with Crippen molar-refractivity contribution in [3.05, 3.63) is 29.3 Å². The van der Waals surface area contributed by atoms with Crippen LogP contribution in [-0.4, -0.2) is 72.1 Å². The maximum atomic E-state index is 12.8. The van der Waals surface area contributed by atoms with Gasteiger partial charge >= 0.3 is 0 Å². The minimum Gasteiger partial charge on any atom is -0.339 e. The first-order valence-electron chi connectivity index (χ1n) is 8.53. The number of nitrogens with zero attached hydrogens (tertiary/aromatic N) is 3. The van der Waals surface area contributed by atoms with Gasteiger partial charge in [-0.3, -0.25) is 9.79 Å². The van der Waals surface area contributed by atoms with Gasteiger partial charge in [0.1, 0.15) is 4.38 Å². The molecule has 0 bridgehead atoms. The highest BCUT2D eigenvalue weighted by atomic mass is 32.2. The van der Waals surface area contributed by atoms with Crippen LogP contribution in [0.5, 0.6) is 0 Å². The van der Waals surface area contributed by atoms with Crippen LogP contribution in [0.1, 0.15) is 11.1 Å². The minimum atomic E-state index is -3.51. The highest BCUT2D eigenvalue weighted by Crippen LogP contribution is 2.23. The average molecular weight is 414 g/mol. The van der Waals surface area contributed by atoms with Crippen molar-refractivity contribution in [3.8, 4) is 0 Å². The summed E-state index contributed by atoms with van der Waals surface area (Å²) in [5.41, 5.74) is 2.03. The molecule has 0 aromatic heterocycles. The molecule has 9 heteroatoms. The van der Waals surface area contributed by atoms with Crippen LogP contribution in [0, 0.1) is 13.8 Å². The molecular formula is C17H23N3O3S3. The maximum absolute atomic E-state index is 12.8. The Bertz CT molecular complexity index is 816. The van der Waals surface area contributed by atoms with E-state index >= 15 is 0 Å². The van der Waals surface area contributed by atoms with Crippen LogP contribution < -0.4 is 0 Å². The van der Waals surface area contributed by atoms with Crippen molar-refractivity contribution in [2.75, 3.05) is 44.2 Å². The Labute approximate surface area is 163 Å². The van der Waals surface area contributed by atoms with Gasteiger partial charge in [0.15, 0.2) is 0 Å². The second kappa shape index (κ2) is 8.33. The number of benzene rings is 1. The average Bonchev–Trinajstić information content (AvgIpc) is 3.15. The molecule has 26 heavy (non-hydrogen) atoms. The van der Waals surface area contributed by atoms with Crippen molar-refractivity contribution in [2.24, 2.45) is 4.99 Å². The smallest absolute Gasteiger partial charge is 0.243 e. The van der Waals surface area contributed by atoms with E-state index in [9.17, 15) is 13.2 Å². The Hall–Kier alpha value is -1.03. The molecule has 0 radical (unpaired) electrons. The summed E-state index contributed by atoms with van der Waals surface area (Å²) < 4.78 is 28.1. The Morgan fingerprint density at radius 1 is 1.19 bits per heavy atom. The summed E-state index contributed by atoms with van der Waals surface area (Å²) in [6, 6.07) is 5.22. The Kier molecular flexibility index (Phi) is 6.32. The Morgan fingerprint density at radius 3 is 2.54 bits per heavy atom. The van der Waals surface area contributed by atoms with Crippen molar-refractivity contribution < 1.29 is 13.2 Å². The molecule has 1 saturated heterocycles. The summed E-state index contributed by atoms with van der Waals surface area (Å²) in [5.74, 6) is 1.41. The lowest BCUT2D eigenvalue weighted by atomic mass is 10.1. The minimum absolute atomic E-state index is 0.0495. The number of hydrogen-bond donors (Lipinski definition) is 0. The fourth-order valence-corrected chi connectivity index (χ4v) is 6.24. The van der Waals surface area contributed by atoms with Gasteiger partial charge in [0.2, 0.25) is 15.9 Å². The van der Waals surface area contributed by atoms with E-state index in [1.54, 1.807) is 28.8 Å². The predicted octanol–water partition coefficient (Wildman–Crippen LogP) is 1.97. The number of hydrogen-bond acceptors (Lipinski definition) is 6. The number of thioether (sulfide) groups is 2. The molecule has 142 valence electrons. The third-order valence-corrected chi connectivity index (χ3v) is 8.72. The van der Waals surface area contributed by atoms with E-state index in [4.69, 9.17) is 0 Å². The Morgan fingerprint density at radius 2 is 1.92 bits per heavy atom. The summed E-state index contributed by atoms with van der Waals surface area (Å²) in [7, 11) is -3.51. The molecule has 0 saturated carbocycles. The molecule has 0 unspecified atom stereocenters. The molecule has 2 aliphatic rings. The molecule has 0 spiro atoms. The number of aryl methyl sites for hydroxylation is 2. The van der Waals surface area contributed by atoms with Gasteiger partial charge in [-0.25, -0.2) is 8.42 Å². The molecule has 0 atom stereocenters. The van der Waals surface area contributed by atoms with Crippen molar-refractivity contribution in [3.63, 3.8) is 0 Å². The van der Waals surface area contributed by atoms with Crippen molar-refractivity contribution in [1.29, 1.82) is 0 Å². The van der Waals surface area contributed by atoms with Crippen molar-refractivity contribution in [2.45, 2.75) is 18.7 Å². The SMILES string of the molecule is Cc1ccc(S(=O)(=O)N2CCN(C(=O)CSC3=NCCS3)CC2)cc1C. The third-order valence-electron chi connectivity index (χ3n) is 4.58. The molecule has 6 nitrogen and oxygen atoms in total. The zero-order chi connectivity index (χ0) is 18.7. The fraction of sp³-hybridized carbons (Fsp3) is 0.529. The van der Waals surface area contributed by atoms with Gasteiger partial charge in [0, 0.05) is 31.9 Å². The summed E-state index contributed by atoms with van der Waals surface area (Å²) >= 11 is 3.17. The van der Waals surface area contributed by atoms with Crippen LogP contribution >= 0.6 is 23.5 Å². The topological polar surface area (TPSA) is 70.1 Å². The van der Waals surface area contributed by atoms with Gasteiger partial charge in [0.25, 0.3) is 0 Å². The molecule has 1 aromatic rings. The van der Waals surface area contributed by atoms with E-state index in [-0.39, 0.29) is 5.91 Å². The number of amides is 1. The monoisotopic (exact) mass is 413 g/mol. The lowest BCUT2D eigenvalue weighted by Gasteiger charge is -2.34. The van der Waals surface area contributed by atoms with Crippen molar-refractivity contribution >= 4 is 43.8 Å². The zero-order valence-corrected chi connectivity index (χ0v) is 17.4. The molecular weight excluding hydrogens is 390 g/mol. The van der Waals surface area contributed by atoms with Gasteiger partial charge < -0.3 is 4.90 Å². The van der Waals surface area contributed by atoms with Crippen LogP contribution in [-0.2, 0) is 14.8 Å². The van der Waals surface area contributed by atoms with Gasteiger partial charge in [-0.05, 0) is 37.1 Å². The van der Waals surface area contributed by atoms with Gasteiger partial charge in [-0.15, -0.1) is 0 Å². The quantitative estimate of drug-likeness (QED) is 0.755. The highest BCUT2D eigenvalue weighted by Gasteiger charge is 2.30. The van der Waals surface area contributed by atoms with E-state index in [0.717, 1.165) is 27.8 Å². The number of carbonyl (C=O) groups is 1. The molecule has 0 aliphatic carbocycles. The maximum Gasteiger partial charge on any atom is 0.243 e. The number of piperazine rings is 1. The normalized spacial score (nSPS) is 18.8. The van der Waals surface area contributed by atoms with E-state index in [1.807, 2.05) is 19.9 Å². The number of sulfonamides is 1. The van der Waals surface area contributed by atoms with Crippen LogP contribution in [0.4, 0.5) is 0 Å². The molecule has 2 aliphatic heterocycles. The highest BCUT2D eigenvalue weighted by molar-refractivity contribution is 8.39. The Balaban J connectivity index is 1.56. The fourth-order valence-electron chi connectivity index (χ4n) is 2.82. The molecule has 2 heterocycles. The first-order chi connectivity index (χ1) is 12.4. The molecule has 0 N–H and O–H groups in total. The zero-order valence-electron chi connectivity index (χ0n) is 15.0. The van der Waals surface area contributed by atoms with Crippen LogP contribution in [0.25, 0.3) is 0 Å². The third kappa shape index (κ3) is 4.44. The molecule has 1 aromatic carbocycles. The van der Waals surface area contributed by atoms with Gasteiger partial charge in [-0.1, -0.05) is 29.6 Å². The van der Waals surface area contributed by atoms with E-state index in [1.165, 1.54) is 16.1 Å². The first kappa shape index (κ1) is 19.7. The van der Waals surface area contributed by atoms with E-state index < -0.39 is 10.0 Å². The van der Waals surface area contributed by atoms with Crippen LogP contribution in [0.3, 0.4) is 0 Å². The lowest BCUT2D eigenvalue weighted by Crippen LogP contribution is -2.51. The molecule has 1 fully saturated rings. The standard InChI is InChI=1S/C17H23N3O3S3/c1-13-3-4-15(11-14(13)2)26(22,23)20-8-6-19(7-9-20)16(21)12-25-17-18-5-10-24-17/h3-4,11H,5-10,12H2,1-2H3. The number of aliphatic imine (C=N–C) groups is 1. The summed E-state index contributed by atoms with van der Waals surface area (Å²) in [4.78, 5) is 18.7. The predicted molar refractivity (Wildman–Crippen MR) is 108 cm³/mol. The number of rotatable bonds is 4. The molecule has 3 rings (SSSR count). The summed E-state index contributed by atoms with van der Waals surface area (Å²) in [6.07, 6.45) is 0. The largest absolute Gasteiger partial charge is 0.339 e. The van der Waals surface area contributed by atoms with Crippen molar-refractivity contribution in [1.82, 2.24) is 9.21 Å². The van der Waals surface area contributed by atoms with E-state index in [0.29, 0.717) is 36.8 Å². The second-order valence-electron chi connectivity index (χ2n) is 6.32. The first-order valence-corrected chi connectivity index (χ1v) is 11.9. The van der Waals surface area contributed by atoms with E-state index in [2.05, 4.69) is 4.99 Å².